The Morgan fingerprint density at radius 1 is 1.44 bits per heavy atom. The van der Waals surface area contributed by atoms with Gasteiger partial charge in [0.05, 0.1) is 31.8 Å². The minimum absolute atomic E-state index is 0.0776. The highest BCUT2D eigenvalue weighted by Crippen LogP contribution is 2.25. The third-order valence-electron chi connectivity index (χ3n) is 2.41. The number of hydrogen-bond acceptors (Lipinski definition) is 4. The summed E-state index contributed by atoms with van der Waals surface area (Å²) in [5.74, 6) is 0.412. The van der Waals surface area contributed by atoms with Crippen LogP contribution in [0.4, 0.5) is 0 Å². The molecule has 0 aromatic heterocycles. The Hall–Kier alpha value is -1.73. The molecule has 0 heterocycles. The zero-order chi connectivity index (χ0) is 13.5. The van der Waals surface area contributed by atoms with Crippen molar-refractivity contribution in [1.29, 1.82) is 5.26 Å². The van der Waals surface area contributed by atoms with E-state index in [0.717, 1.165) is 0 Å². The quantitative estimate of drug-likeness (QED) is 0.607. The smallest absolute Gasteiger partial charge is 0.310 e. The summed E-state index contributed by atoms with van der Waals surface area (Å²) in [7, 11) is 1.51. The SMILES string of the molecule is CCOC(=O)Cc1cc(C#N)c(CCl)cc1OC. The Kier molecular flexibility index (Phi) is 5.47. The Bertz CT molecular complexity index is 480. The second-order valence-corrected chi connectivity index (χ2v) is 3.82. The highest BCUT2D eigenvalue weighted by Gasteiger charge is 2.13. The Labute approximate surface area is 111 Å². The Morgan fingerprint density at radius 2 is 2.17 bits per heavy atom. The zero-order valence-corrected chi connectivity index (χ0v) is 11.1. The van der Waals surface area contributed by atoms with Gasteiger partial charge in [-0.1, -0.05) is 0 Å². The van der Waals surface area contributed by atoms with Crippen LogP contribution in [0.25, 0.3) is 0 Å². The van der Waals surface area contributed by atoms with E-state index in [0.29, 0.717) is 29.0 Å². The van der Waals surface area contributed by atoms with E-state index < -0.39 is 0 Å². The van der Waals surface area contributed by atoms with Crippen molar-refractivity contribution < 1.29 is 14.3 Å². The second-order valence-electron chi connectivity index (χ2n) is 3.55. The summed E-state index contributed by atoms with van der Waals surface area (Å²) in [6.45, 7) is 2.07. The number of methoxy groups -OCH3 is 1. The number of benzene rings is 1. The first-order valence-electron chi connectivity index (χ1n) is 5.47. The number of halogens is 1. The van der Waals surface area contributed by atoms with Crippen LogP contribution in [0.2, 0.25) is 0 Å². The summed E-state index contributed by atoms with van der Waals surface area (Å²) in [5, 5.41) is 9.01. The van der Waals surface area contributed by atoms with Gasteiger partial charge in [0.2, 0.25) is 0 Å². The van der Waals surface area contributed by atoms with E-state index in [9.17, 15) is 4.79 Å². The van der Waals surface area contributed by atoms with Crippen LogP contribution in [0.1, 0.15) is 23.6 Å². The van der Waals surface area contributed by atoms with Gasteiger partial charge in [0.15, 0.2) is 0 Å². The largest absolute Gasteiger partial charge is 0.496 e. The van der Waals surface area contributed by atoms with Crippen molar-refractivity contribution >= 4 is 17.6 Å². The summed E-state index contributed by atoms with van der Waals surface area (Å²) in [5.41, 5.74) is 1.76. The highest BCUT2D eigenvalue weighted by atomic mass is 35.5. The summed E-state index contributed by atoms with van der Waals surface area (Å²) >= 11 is 5.75. The van der Waals surface area contributed by atoms with Crippen molar-refractivity contribution in [3.8, 4) is 11.8 Å². The lowest BCUT2D eigenvalue weighted by molar-refractivity contribution is -0.142. The third-order valence-corrected chi connectivity index (χ3v) is 2.70. The lowest BCUT2D eigenvalue weighted by Gasteiger charge is -2.11. The van der Waals surface area contributed by atoms with E-state index >= 15 is 0 Å². The van der Waals surface area contributed by atoms with Crippen molar-refractivity contribution in [2.24, 2.45) is 0 Å². The second kappa shape index (κ2) is 6.87. The van der Waals surface area contributed by atoms with Crippen LogP contribution in [0, 0.1) is 11.3 Å². The van der Waals surface area contributed by atoms with Gasteiger partial charge in [0, 0.05) is 11.4 Å². The summed E-state index contributed by atoms with van der Waals surface area (Å²) in [6, 6.07) is 5.35. The molecule has 0 saturated carbocycles. The molecule has 0 bridgehead atoms. The van der Waals surface area contributed by atoms with Crippen LogP contribution in [0.3, 0.4) is 0 Å². The van der Waals surface area contributed by atoms with Crippen molar-refractivity contribution in [2.45, 2.75) is 19.2 Å². The Balaban J connectivity index is 3.10. The molecule has 0 aliphatic heterocycles. The number of ether oxygens (including phenoxy) is 2. The van der Waals surface area contributed by atoms with Crippen LogP contribution in [0.5, 0.6) is 5.75 Å². The molecule has 18 heavy (non-hydrogen) atoms. The first-order valence-corrected chi connectivity index (χ1v) is 6.01. The monoisotopic (exact) mass is 267 g/mol. The predicted molar refractivity (Wildman–Crippen MR) is 67.6 cm³/mol. The first-order chi connectivity index (χ1) is 8.65. The van der Waals surface area contributed by atoms with Crippen molar-refractivity contribution in [3.63, 3.8) is 0 Å². The fourth-order valence-electron chi connectivity index (χ4n) is 1.58. The van der Waals surface area contributed by atoms with Crippen LogP contribution in [-0.2, 0) is 21.8 Å². The molecule has 0 amide bonds. The third kappa shape index (κ3) is 3.38. The fourth-order valence-corrected chi connectivity index (χ4v) is 1.80. The minimum atomic E-state index is -0.349. The van der Waals surface area contributed by atoms with Crippen LogP contribution < -0.4 is 4.74 Å². The van der Waals surface area contributed by atoms with Crippen LogP contribution >= 0.6 is 11.6 Å². The fraction of sp³-hybridized carbons (Fsp3) is 0.385. The average molecular weight is 268 g/mol. The number of rotatable bonds is 5. The van der Waals surface area contributed by atoms with E-state index in [4.69, 9.17) is 26.3 Å². The van der Waals surface area contributed by atoms with Gasteiger partial charge in [-0.2, -0.15) is 5.26 Å². The number of alkyl halides is 1. The number of nitriles is 1. The van der Waals surface area contributed by atoms with Gasteiger partial charge in [-0.15, -0.1) is 11.6 Å². The van der Waals surface area contributed by atoms with Gasteiger partial charge < -0.3 is 9.47 Å². The lowest BCUT2D eigenvalue weighted by Crippen LogP contribution is -2.09. The first kappa shape index (κ1) is 14.3. The lowest BCUT2D eigenvalue weighted by atomic mass is 10.0. The van der Waals surface area contributed by atoms with Crippen molar-refractivity contribution in [2.75, 3.05) is 13.7 Å². The molecule has 0 radical (unpaired) electrons. The molecule has 5 heteroatoms. The normalized spacial score (nSPS) is 9.67. The van der Waals surface area contributed by atoms with Gasteiger partial charge >= 0.3 is 5.97 Å². The standard InChI is InChI=1S/C13H14ClNO3/c1-3-18-13(16)6-9-4-11(8-15)10(7-14)5-12(9)17-2/h4-5H,3,6-7H2,1-2H3. The molecule has 0 unspecified atom stereocenters. The van der Waals surface area contributed by atoms with E-state index in [2.05, 4.69) is 6.07 Å². The Morgan fingerprint density at radius 3 is 2.67 bits per heavy atom. The molecule has 1 aromatic rings. The number of esters is 1. The number of hydrogen-bond donors (Lipinski definition) is 0. The summed E-state index contributed by atoms with van der Waals surface area (Å²) in [6.07, 6.45) is 0.0776. The van der Waals surface area contributed by atoms with Gasteiger partial charge in [0.25, 0.3) is 0 Å². The zero-order valence-electron chi connectivity index (χ0n) is 10.3. The molecule has 0 aliphatic carbocycles. The molecule has 0 spiro atoms. The molecule has 1 aromatic carbocycles. The highest BCUT2D eigenvalue weighted by molar-refractivity contribution is 6.17. The van der Waals surface area contributed by atoms with Crippen molar-refractivity contribution in [3.05, 3.63) is 28.8 Å². The van der Waals surface area contributed by atoms with E-state index in [-0.39, 0.29) is 18.3 Å². The number of nitrogens with zero attached hydrogens (tertiary/aromatic N) is 1. The topological polar surface area (TPSA) is 59.3 Å². The van der Waals surface area contributed by atoms with Crippen LogP contribution in [-0.4, -0.2) is 19.7 Å². The minimum Gasteiger partial charge on any atom is -0.496 e. The van der Waals surface area contributed by atoms with Crippen LogP contribution in [0.15, 0.2) is 12.1 Å². The van der Waals surface area contributed by atoms with E-state index in [1.807, 2.05) is 0 Å². The molecule has 0 saturated heterocycles. The molecule has 1 rings (SSSR count). The number of carbonyl (C=O) groups excluding carboxylic acids is 1. The molecule has 96 valence electrons. The van der Waals surface area contributed by atoms with Gasteiger partial charge in [0.1, 0.15) is 5.75 Å². The van der Waals surface area contributed by atoms with E-state index in [1.165, 1.54) is 7.11 Å². The van der Waals surface area contributed by atoms with Gasteiger partial charge in [-0.05, 0) is 24.6 Å². The molecular formula is C13H14ClNO3. The molecule has 0 aliphatic rings. The molecule has 0 atom stereocenters. The molecule has 4 nitrogen and oxygen atoms in total. The number of carbonyl (C=O) groups is 1. The molecule has 0 N–H and O–H groups in total. The molecule has 0 fully saturated rings. The summed E-state index contributed by atoms with van der Waals surface area (Å²) < 4.78 is 10.1. The van der Waals surface area contributed by atoms with E-state index in [1.54, 1.807) is 19.1 Å². The maximum atomic E-state index is 11.4. The van der Waals surface area contributed by atoms with Gasteiger partial charge in [-0.3, -0.25) is 4.79 Å². The molecular weight excluding hydrogens is 254 g/mol. The maximum Gasteiger partial charge on any atom is 0.310 e. The summed E-state index contributed by atoms with van der Waals surface area (Å²) in [4.78, 5) is 11.4. The predicted octanol–water partition coefficient (Wildman–Crippen LogP) is 2.41. The van der Waals surface area contributed by atoms with Gasteiger partial charge in [-0.25, -0.2) is 0 Å². The average Bonchev–Trinajstić information content (AvgIpc) is 2.38. The maximum absolute atomic E-state index is 11.4. The van der Waals surface area contributed by atoms with Crippen molar-refractivity contribution in [1.82, 2.24) is 0 Å².